The second-order valence-corrected chi connectivity index (χ2v) is 5.75. The van der Waals surface area contributed by atoms with E-state index in [2.05, 4.69) is 17.6 Å². The number of aliphatic hydroxyl groups excluding tert-OH is 1. The molecule has 0 aliphatic rings. The van der Waals surface area contributed by atoms with E-state index >= 15 is 0 Å². The molecule has 1 N–H and O–H groups in total. The Morgan fingerprint density at radius 2 is 1.83 bits per heavy atom. The van der Waals surface area contributed by atoms with Crippen LogP contribution in [0.3, 0.4) is 0 Å². The molecule has 3 rings (SSSR count). The quantitative estimate of drug-likeness (QED) is 0.779. The summed E-state index contributed by atoms with van der Waals surface area (Å²) in [5, 5.41) is 10.9. The highest BCUT2D eigenvalue weighted by Gasteiger charge is 2.25. The highest BCUT2D eigenvalue weighted by atomic mass is 16.5. The lowest BCUT2D eigenvalue weighted by Gasteiger charge is -2.22. The van der Waals surface area contributed by atoms with Gasteiger partial charge in [0.1, 0.15) is 11.6 Å². The summed E-state index contributed by atoms with van der Waals surface area (Å²) < 4.78 is 7.26. The lowest BCUT2D eigenvalue weighted by atomic mass is 9.92. The number of ether oxygens (including phenoxy) is 1. The Labute approximate surface area is 136 Å². The third-order valence-corrected chi connectivity index (χ3v) is 4.43. The summed E-state index contributed by atoms with van der Waals surface area (Å²) in [4.78, 5) is 4.74. The standard InChI is InChI=1S/C19H22N2O2/c1-4-15(18(22)13-9-11-14(23-3)12-10-13)19-20-16-7-5-6-8-17(16)21(19)2/h5-12,15,18,22H,4H2,1-3H3/t15-,18+/m1/s1. The first-order valence-corrected chi connectivity index (χ1v) is 7.89. The summed E-state index contributed by atoms with van der Waals surface area (Å²) in [7, 11) is 3.65. The summed E-state index contributed by atoms with van der Waals surface area (Å²) in [5.74, 6) is 1.65. The number of methoxy groups -OCH3 is 1. The van der Waals surface area contributed by atoms with Crippen molar-refractivity contribution in [2.75, 3.05) is 7.11 Å². The Bertz CT molecular complexity index is 793. The molecule has 3 aromatic rings. The zero-order chi connectivity index (χ0) is 16.4. The Hall–Kier alpha value is -2.33. The Kier molecular flexibility index (Phi) is 4.35. The van der Waals surface area contributed by atoms with Crippen molar-refractivity contribution < 1.29 is 9.84 Å². The fourth-order valence-corrected chi connectivity index (χ4v) is 3.08. The number of nitrogens with zero attached hydrogens (tertiary/aromatic N) is 2. The minimum Gasteiger partial charge on any atom is -0.497 e. The number of hydrogen-bond acceptors (Lipinski definition) is 3. The normalized spacial score (nSPS) is 13.9. The van der Waals surface area contributed by atoms with Crippen molar-refractivity contribution in [3.63, 3.8) is 0 Å². The molecule has 4 nitrogen and oxygen atoms in total. The Balaban J connectivity index is 1.98. The van der Waals surface area contributed by atoms with Crippen LogP contribution in [-0.2, 0) is 7.05 Å². The van der Waals surface area contributed by atoms with E-state index in [4.69, 9.17) is 9.72 Å². The predicted molar refractivity (Wildman–Crippen MR) is 91.7 cm³/mol. The number of rotatable bonds is 5. The van der Waals surface area contributed by atoms with Crippen LogP contribution in [0, 0.1) is 0 Å². The van der Waals surface area contributed by atoms with Crippen molar-refractivity contribution in [1.29, 1.82) is 0 Å². The first-order chi connectivity index (χ1) is 11.2. The maximum absolute atomic E-state index is 10.9. The second-order valence-electron chi connectivity index (χ2n) is 5.75. The fraction of sp³-hybridized carbons (Fsp3) is 0.316. The monoisotopic (exact) mass is 310 g/mol. The molecule has 23 heavy (non-hydrogen) atoms. The molecule has 0 amide bonds. The highest BCUT2D eigenvalue weighted by molar-refractivity contribution is 5.75. The third kappa shape index (κ3) is 2.82. The van der Waals surface area contributed by atoms with Gasteiger partial charge in [-0.15, -0.1) is 0 Å². The Morgan fingerprint density at radius 3 is 2.43 bits per heavy atom. The molecule has 0 fully saturated rings. The zero-order valence-corrected chi connectivity index (χ0v) is 13.7. The first-order valence-electron chi connectivity index (χ1n) is 7.89. The van der Waals surface area contributed by atoms with Gasteiger partial charge in [-0.1, -0.05) is 31.2 Å². The number of hydrogen-bond donors (Lipinski definition) is 1. The summed E-state index contributed by atoms with van der Waals surface area (Å²) in [6.45, 7) is 2.08. The maximum Gasteiger partial charge on any atom is 0.118 e. The Morgan fingerprint density at radius 1 is 1.13 bits per heavy atom. The van der Waals surface area contributed by atoms with E-state index in [9.17, 15) is 5.11 Å². The van der Waals surface area contributed by atoms with Crippen molar-refractivity contribution >= 4 is 11.0 Å². The smallest absolute Gasteiger partial charge is 0.118 e. The van der Waals surface area contributed by atoms with Crippen LogP contribution in [0.15, 0.2) is 48.5 Å². The van der Waals surface area contributed by atoms with Crippen LogP contribution in [0.25, 0.3) is 11.0 Å². The number of aromatic nitrogens is 2. The van der Waals surface area contributed by atoms with Crippen LogP contribution in [-0.4, -0.2) is 21.8 Å². The number of para-hydroxylation sites is 2. The minimum atomic E-state index is -0.596. The van der Waals surface area contributed by atoms with Crippen LogP contribution in [0.5, 0.6) is 5.75 Å². The number of benzene rings is 2. The van der Waals surface area contributed by atoms with E-state index in [0.717, 1.165) is 34.6 Å². The average Bonchev–Trinajstić information content (AvgIpc) is 2.93. The van der Waals surface area contributed by atoms with Gasteiger partial charge in [0.05, 0.1) is 24.2 Å². The van der Waals surface area contributed by atoms with Gasteiger partial charge < -0.3 is 14.4 Å². The largest absolute Gasteiger partial charge is 0.497 e. The fourth-order valence-electron chi connectivity index (χ4n) is 3.08. The summed E-state index contributed by atoms with van der Waals surface area (Å²) in [6.07, 6.45) is 0.214. The lowest BCUT2D eigenvalue weighted by Crippen LogP contribution is -2.14. The van der Waals surface area contributed by atoms with Gasteiger partial charge in [-0.25, -0.2) is 4.98 Å². The molecule has 0 spiro atoms. The molecule has 1 heterocycles. The molecule has 0 saturated carbocycles. The van der Waals surface area contributed by atoms with E-state index in [1.54, 1.807) is 7.11 Å². The summed E-state index contributed by atoms with van der Waals surface area (Å²) >= 11 is 0. The molecule has 0 unspecified atom stereocenters. The van der Waals surface area contributed by atoms with Crippen LogP contribution < -0.4 is 4.74 Å². The molecule has 0 saturated heterocycles. The van der Waals surface area contributed by atoms with Gasteiger partial charge in [0, 0.05) is 13.0 Å². The average molecular weight is 310 g/mol. The molecule has 1 aromatic heterocycles. The van der Waals surface area contributed by atoms with Gasteiger partial charge >= 0.3 is 0 Å². The van der Waals surface area contributed by atoms with Gasteiger partial charge in [-0.05, 0) is 36.2 Å². The molecular weight excluding hydrogens is 288 g/mol. The van der Waals surface area contributed by atoms with Gasteiger partial charge in [0.25, 0.3) is 0 Å². The van der Waals surface area contributed by atoms with E-state index in [-0.39, 0.29) is 5.92 Å². The zero-order valence-electron chi connectivity index (χ0n) is 13.7. The highest BCUT2D eigenvalue weighted by Crippen LogP contribution is 2.34. The van der Waals surface area contributed by atoms with Crippen molar-refractivity contribution in [3.05, 3.63) is 59.9 Å². The molecule has 0 radical (unpaired) electrons. The van der Waals surface area contributed by atoms with Crippen LogP contribution in [0.4, 0.5) is 0 Å². The summed E-state index contributed by atoms with van der Waals surface area (Å²) in [5.41, 5.74) is 2.93. The van der Waals surface area contributed by atoms with Gasteiger partial charge in [0.2, 0.25) is 0 Å². The SMILES string of the molecule is CC[C@@H](c1nc2ccccc2n1C)[C@@H](O)c1ccc(OC)cc1. The third-order valence-electron chi connectivity index (χ3n) is 4.43. The predicted octanol–water partition coefficient (Wildman–Crippen LogP) is 3.81. The summed E-state index contributed by atoms with van der Waals surface area (Å²) in [6, 6.07) is 15.6. The van der Waals surface area contributed by atoms with Gasteiger partial charge in [0.15, 0.2) is 0 Å². The van der Waals surface area contributed by atoms with E-state index < -0.39 is 6.10 Å². The topological polar surface area (TPSA) is 47.3 Å². The minimum absolute atomic E-state index is 0.0548. The van der Waals surface area contributed by atoms with Crippen LogP contribution >= 0.6 is 0 Å². The molecule has 2 atom stereocenters. The van der Waals surface area contributed by atoms with Crippen molar-refractivity contribution in [1.82, 2.24) is 9.55 Å². The molecule has 0 bridgehead atoms. The number of aliphatic hydroxyl groups is 1. The van der Waals surface area contributed by atoms with E-state index in [0.29, 0.717) is 0 Å². The number of fused-ring (bicyclic) bond motifs is 1. The van der Waals surface area contributed by atoms with Crippen molar-refractivity contribution in [2.24, 2.45) is 7.05 Å². The van der Waals surface area contributed by atoms with Crippen molar-refractivity contribution in [3.8, 4) is 5.75 Å². The molecular formula is C19H22N2O2. The van der Waals surface area contributed by atoms with Crippen LogP contribution in [0.1, 0.15) is 36.8 Å². The maximum atomic E-state index is 10.9. The molecule has 0 aliphatic heterocycles. The van der Waals surface area contributed by atoms with Gasteiger partial charge in [-0.2, -0.15) is 0 Å². The molecule has 4 heteroatoms. The molecule has 120 valence electrons. The number of aryl methyl sites for hydroxylation is 1. The van der Waals surface area contributed by atoms with Crippen LogP contribution in [0.2, 0.25) is 0 Å². The van der Waals surface area contributed by atoms with E-state index in [1.165, 1.54) is 0 Å². The molecule has 0 aliphatic carbocycles. The van der Waals surface area contributed by atoms with Crippen molar-refractivity contribution in [2.45, 2.75) is 25.4 Å². The second kappa shape index (κ2) is 6.42. The molecule has 2 aromatic carbocycles. The lowest BCUT2D eigenvalue weighted by molar-refractivity contribution is 0.137. The van der Waals surface area contributed by atoms with E-state index in [1.807, 2.05) is 49.5 Å². The van der Waals surface area contributed by atoms with Gasteiger partial charge in [-0.3, -0.25) is 0 Å². The first kappa shape index (κ1) is 15.6. The number of imidazole rings is 1.